The molecule has 1 amide bonds. The Labute approximate surface area is 122 Å². The lowest BCUT2D eigenvalue weighted by molar-refractivity contribution is -0.00873. The second kappa shape index (κ2) is 6.03. The van der Waals surface area contributed by atoms with E-state index in [4.69, 9.17) is 0 Å². The third-order valence-corrected chi connectivity index (χ3v) is 4.06. The zero-order chi connectivity index (χ0) is 14.0. The van der Waals surface area contributed by atoms with Gasteiger partial charge in [-0.25, -0.2) is 0 Å². The normalized spacial score (nSPS) is 17.9. The molecule has 1 aliphatic heterocycles. The number of hydrogen-bond acceptors (Lipinski definition) is 3. The van der Waals surface area contributed by atoms with Crippen LogP contribution in [0.25, 0.3) is 0 Å². The average molecular weight is 327 g/mol. The molecule has 1 heterocycles. The number of rotatable bonds is 4. The van der Waals surface area contributed by atoms with Crippen LogP contribution < -0.4 is 0 Å². The second-order valence-corrected chi connectivity index (χ2v) is 6.06. The number of halogens is 1. The van der Waals surface area contributed by atoms with Crippen LogP contribution in [0.5, 0.6) is 0 Å². The summed E-state index contributed by atoms with van der Waals surface area (Å²) in [6.07, 6.45) is -0.195. The second-order valence-electron chi connectivity index (χ2n) is 5.14. The van der Waals surface area contributed by atoms with Crippen molar-refractivity contribution < 1.29 is 9.90 Å². The molecule has 1 fully saturated rings. The Kier molecular flexibility index (Phi) is 4.60. The fraction of sp³-hybridized carbons (Fsp3) is 0.500. The summed E-state index contributed by atoms with van der Waals surface area (Å²) in [5, 5.41) is 9.26. The first-order chi connectivity index (χ1) is 8.97. The highest BCUT2D eigenvalue weighted by molar-refractivity contribution is 9.10. The topological polar surface area (TPSA) is 43.8 Å². The molecule has 0 spiro atoms. The largest absolute Gasteiger partial charge is 0.390 e. The van der Waals surface area contributed by atoms with Crippen LogP contribution in [0.15, 0.2) is 28.7 Å². The van der Waals surface area contributed by atoms with Gasteiger partial charge in [0.15, 0.2) is 0 Å². The number of likely N-dealkylation sites (tertiary alicyclic amines) is 1. The van der Waals surface area contributed by atoms with E-state index in [2.05, 4.69) is 20.8 Å². The molecule has 1 atom stereocenters. The molecule has 1 N–H and O–H groups in total. The van der Waals surface area contributed by atoms with Crippen molar-refractivity contribution in [3.8, 4) is 0 Å². The van der Waals surface area contributed by atoms with Crippen molar-refractivity contribution in [1.29, 1.82) is 0 Å². The summed E-state index contributed by atoms with van der Waals surface area (Å²) in [7, 11) is 1.82. The van der Waals surface area contributed by atoms with Gasteiger partial charge in [-0.3, -0.25) is 9.69 Å². The summed E-state index contributed by atoms with van der Waals surface area (Å²) in [4.78, 5) is 16.2. The van der Waals surface area contributed by atoms with E-state index in [1.165, 1.54) is 0 Å². The van der Waals surface area contributed by atoms with Gasteiger partial charge in [-0.05, 0) is 31.2 Å². The molecule has 1 saturated heterocycles. The van der Waals surface area contributed by atoms with Gasteiger partial charge in [0.2, 0.25) is 0 Å². The molecule has 0 radical (unpaired) electrons. The maximum absolute atomic E-state index is 12.3. The third kappa shape index (κ3) is 3.55. The summed E-state index contributed by atoms with van der Waals surface area (Å²) in [6, 6.07) is 7.52. The molecule has 0 aliphatic carbocycles. The summed E-state index contributed by atoms with van der Waals surface area (Å²) < 4.78 is 0.967. The van der Waals surface area contributed by atoms with Gasteiger partial charge in [-0.1, -0.05) is 15.9 Å². The quantitative estimate of drug-likeness (QED) is 0.913. The van der Waals surface area contributed by atoms with Gasteiger partial charge in [0.25, 0.3) is 5.91 Å². The van der Waals surface area contributed by atoms with Crippen LogP contribution in [-0.2, 0) is 0 Å². The highest BCUT2D eigenvalue weighted by Crippen LogP contribution is 2.14. The Bertz CT molecular complexity index is 443. The van der Waals surface area contributed by atoms with Crippen LogP contribution in [-0.4, -0.2) is 59.6 Å². The van der Waals surface area contributed by atoms with Crippen molar-refractivity contribution in [1.82, 2.24) is 9.80 Å². The number of β-amino-alcohol motifs (C(OH)–C–C–N with tert-alkyl or cyclic N) is 1. The minimum atomic E-state index is -0.195. The molecule has 104 valence electrons. The Hall–Kier alpha value is -0.910. The number of aliphatic hydroxyl groups is 1. The average Bonchev–Trinajstić information content (AvgIpc) is 2.36. The smallest absolute Gasteiger partial charge is 0.253 e. The van der Waals surface area contributed by atoms with Crippen molar-refractivity contribution >= 4 is 21.8 Å². The SMILES string of the molecule is CC(CN1CC(O)C1)N(C)C(=O)c1ccc(Br)cc1. The van der Waals surface area contributed by atoms with E-state index < -0.39 is 0 Å². The molecular formula is C14H19BrN2O2. The van der Waals surface area contributed by atoms with E-state index in [1.54, 1.807) is 4.90 Å². The molecule has 1 aromatic rings. The van der Waals surface area contributed by atoms with Crippen LogP contribution in [0, 0.1) is 0 Å². The molecule has 1 unspecified atom stereocenters. The van der Waals surface area contributed by atoms with Crippen molar-refractivity contribution in [2.45, 2.75) is 19.1 Å². The van der Waals surface area contributed by atoms with Gasteiger partial charge >= 0.3 is 0 Å². The molecular weight excluding hydrogens is 308 g/mol. The van der Waals surface area contributed by atoms with Gasteiger partial charge in [-0.15, -0.1) is 0 Å². The van der Waals surface area contributed by atoms with E-state index in [1.807, 2.05) is 38.2 Å². The van der Waals surface area contributed by atoms with Crippen LogP contribution in [0.1, 0.15) is 17.3 Å². The van der Waals surface area contributed by atoms with Crippen molar-refractivity contribution in [3.63, 3.8) is 0 Å². The third-order valence-electron chi connectivity index (χ3n) is 3.53. The molecule has 0 saturated carbocycles. The van der Waals surface area contributed by atoms with Crippen LogP contribution >= 0.6 is 15.9 Å². The van der Waals surface area contributed by atoms with Crippen molar-refractivity contribution in [2.75, 3.05) is 26.7 Å². The summed E-state index contributed by atoms with van der Waals surface area (Å²) in [5.74, 6) is 0.0288. The van der Waals surface area contributed by atoms with Gasteiger partial charge in [-0.2, -0.15) is 0 Å². The standard InChI is InChI=1S/C14H19BrN2O2/c1-10(7-17-8-13(18)9-17)16(2)14(19)11-3-5-12(15)6-4-11/h3-6,10,13,18H,7-9H2,1-2H3. The van der Waals surface area contributed by atoms with Gasteiger partial charge in [0.05, 0.1) is 6.10 Å². The van der Waals surface area contributed by atoms with Gasteiger partial charge in [0, 0.05) is 42.8 Å². The lowest BCUT2D eigenvalue weighted by atomic mass is 10.1. The Balaban J connectivity index is 1.92. The first kappa shape index (κ1) is 14.5. The minimum Gasteiger partial charge on any atom is -0.390 e. The summed E-state index contributed by atoms with van der Waals surface area (Å²) >= 11 is 3.36. The first-order valence-electron chi connectivity index (χ1n) is 6.40. The van der Waals surface area contributed by atoms with Crippen LogP contribution in [0.4, 0.5) is 0 Å². The molecule has 4 nitrogen and oxygen atoms in total. The number of nitrogens with zero attached hydrogens (tertiary/aromatic N) is 2. The number of carbonyl (C=O) groups is 1. The van der Waals surface area contributed by atoms with E-state index in [0.29, 0.717) is 18.7 Å². The van der Waals surface area contributed by atoms with E-state index in [0.717, 1.165) is 11.0 Å². The molecule has 1 aromatic carbocycles. The van der Waals surface area contributed by atoms with E-state index in [-0.39, 0.29) is 18.1 Å². The maximum Gasteiger partial charge on any atom is 0.253 e. The molecule has 2 rings (SSSR count). The summed E-state index contributed by atoms with van der Waals surface area (Å²) in [5.41, 5.74) is 0.696. The van der Waals surface area contributed by atoms with Crippen LogP contribution in [0.3, 0.4) is 0 Å². The number of likely N-dealkylation sites (N-methyl/N-ethyl adjacent to an activating group) is 1. The zero-order valence-corrected chi connectivity index (χ0v) is 12.8. The molecule has 5 heteroatoms. The molecule has 0 bridgehead atoms. The molecule has 1 aliphatic rings. The van der Waals surface area contributed by atoms with E-state index in [9.17, 15) is 9.90 Å². The van der Waals surface area contributed by atoms with Crippen molar-refractivity contribution in [3.05, 3.63) is 34.3 Å². The van der Waals surface area contributed by atoms with Gasteiger partial charge in [0.1, 0.15) is 0 Å². The summed E-state index contributed by atoms with van der Waals surface area (Å²) in [6.45, 7) is 4.26. The molecule has 19 heavy (non-hydrogen) atoms. The number of carbonyl (C=O) groups excluding carboxylic acids is 1. The van der Waals surface area contributed by atoms with Gasteiger partial charge < -0.3 is 10.0 Å². The monoisotopic (exact) mass is 326 g/mol. The fourth-order valence-electron chi connectivity index (χ4n) is 2.18. The first-order valence-corrected chi connectivity index (χ1v) is 7.20. The lowest BCUT2D eigenvalue weighted by Crippen LogP contribution is -2.55. The maximum atomic E-state index is 12.3. The molecule has 0 aromatic heterocycles. The predicted molar refractivity (Wildman–Crippen MR) is 78.1 cm³/mol. The van der Waals surface area contributed by atoms with Crippen LogP contribution in [0.2, 0.25) is 0 Å². The number of amides is 1. The number of aliphatic hydroxyl groups excluding tert-OH is 1. The lowest BCUT2D eigenvalue weighted by Gasteiger charge is -2.39. The predicted octanol–water partition coefficient (Wildman–Crippen LogP) is 1.59. The zero-order valence-electron chi connectivity index (χ0n) is 11.2. The van der Waals surface area contributed by atoms with Crippen molar-refractivity contribution in [2.24, 2.45) is 0 Å². The Morgan fingerprint density at radius 3 is 2.58 bits per heavy atom. The Morgan fingerprint density at radius 1 is 1.47 bits per heavy atom. The Morgan fingerprint density at radius 2 is 2.05 bits per heavy atom. The number of hydrogen-bond donors (Lipinski definition) is 1. The highest BCUT2D eigenvalue weighted by atomic mass is 79.9. The fourth-order valence-corrected chi connectivity index (χ4v) is 2.45. The number of benzene rings is 1. The van der Waals surface area contributed by atoms with E-state index >= 15 is 0 Å². The minimum absolute atomic E-state index is 0.0288. The highest BCUT2D eigenvalue weighted by Gasteiger charge is 2.27.